The molecule has 82 valence electrons. The molecule has 0 radical (unpaired) electrons. The Morgan fingerprint density at radius 2 is 2.00 bits per heavy atom. The van der Waals surface area contributed by atoms with Crippen LogP contribution in [0.5, 0.6) is 0 Å². The minimum Gasteiger partial charge on any atom is -0.274 e. The second kappa shape index (κ2) is 3.49. The molecule has 2 N–H and O–H groups in total. The fraction of sp³-hybridized carbons (Fsp3) is 0.500. The summed E-state index contributed by atoms with van der Waals surface area (Å²) in [5.41, 5.74) is 1.41. The Morgan fingerprint density at radius 1 is 1.40 bits per heavy atom. The van der Waals surface area contributed by atoms with Crippen molar-refractivity contribution in [2.24, 2.45) is 16.5 Å². The molecule has 0 spiro atoms. The van der Waals surface area contributed by atoms with Gasteiger partial charge in [-0.1, -0.05) is 26.8 Å². The van der Waals surface area contributed by atoms with E-state index in [1.165, 1.54) is 0 Å². The van der Waals surface area contributed by atoms with Gasteiger partial charge in [0.05, 0.1) is 4.90 Å². The van der Waals surface area contributed by atoms with E-state index in [-0.39, 0.29) is 5.82 Å². The van der Waals surface area contributed by atoms with E-state index in [0.29, 0.717) is 22.1 Å². The van der Waals surface area contributed by atoms with E-state index in [1.807, 2.05) is 6.07 Å². The van der Waals surface area contributed by atoms with Crippen LogP contribution in [0.1, 0.15) is 32.3 Å². The lowest BCUT2D eigenvalue weighted by Crippen LogP contribution is -1.92. The van der Waals surface area contributed by atoms with Crippen molar-refractivity contribution in [2.75, 3.05) is 0 Å². The Hall–Kier alpha value is -0.540. The Morgan fingerprint density at radius 3 is 2.40 bits per heavy atom. The van der Waals surface area contributed by atoms with Gasteiger partial charge in [0.15, 0.2) is 0 Å². The van der Waals surface area contributed by atoms with E-state index in [4.69, 9.17) is 5.14 Å². The van der Waals surface area contributed by atoms with Gasteiger partial charge in [-0.05, 0) is 46.9 Å². The maximum Gasteiger partial charge on any atom is 0.138 e. The van der Waals surface area contributed by atoms with Gasteiger partial charge >= 0.3 is 0 Å². The molecule has 1 saturated carbocycles. The van der Waals surface area contributed by atoms with Crippen LogP contribution in [0.3, 0.4) is 0 Å². The predicted molar refractivity (Wildman–Crippen MR) is 62.1 cm³/mol. The van der Waals surface area contributed by atoms with E-state index >= 15 is 0 Å². The summed E-state index contributed by atoms with van der Waals surface area (Å²) in [6, 6.07) is 5.40. The number of hydrogen-bond acceptors (Lipinski definition) is 2. The third kappa shape index (κ3) is 1.68. The first kappa shape index (κ1) is 11.0. The van der Waals surface area contributed by atoms with Gasteiger partial charge in [-0.15, -0.1) is 0 Å². The molecule has 1 aromatic carbocycles. The lowest BCUT2D eigenvalue weighted by molar-refractivity contribution is 0.571. The van der Waals surface area contributed by atoms with Crippen LogP contribution < -0.4 is 5.14 Å². The second-order valence-electron chi connectivity index (χ2n) is 4.90. The van der Waals surface area contributed by atoms with Gasteiger partial charge in [-0.25, -0.2) is 4.39 Å². The van der Waals surface area contributed by atoms with Gasteiger partial charge in [0, 0.05) is 0 Å². The average molecular weight is 225 g/mol. The molecule has 0 amide bonds. The van der Waals surface area contributed by atoms with Crippen LogP contribution >= 0.6 is 11.9 Å². The minimum absolute atomic E-state index is 0.199. The van der Waals surface area contributed by atoms with Crippen LogP contribution in [0.25, 0.3) is 0 Å². The zero-order valence-corrected chi connectivity index (χ0v) is 10.1. The summed E-state index contributed by atoms with van der Waals surface area (Å²) in [6.45, 7) is 6.67. The largest absolute Gasteiger partial charge is 0.274 e. The lowest BCUT2D eigenvalue weighted by atomic mass is 10.0. The van der Waals surface area contributed by atoms with E-state index in [0.717, 1.165) is 17.5 Å². The average Bonchev–Trinajstić information content (AvgIpc) is 2.66. The molecule has 3 heteroatoms. The molecule has 1 aliphatic carbocycles. The molecule has 0 saturated heterocycles. The molecule has 0 heterocycles. The van der Waals surface area contributed by atoms with Gasteiger partial charge < -0.3 is 0 Å². The van der Waals surface area contributed by atoms with Crippen molar-refractivity contribution >= 4 is 11.9 Å². The maximum atomic E-state index is 13.5. The van der Waals surface area contributed by atoms with Crippen LogP contribution in [0.15, 0.2) is 23.1 Å². The summed E-state index contributed by atoms with van der Waals surface area (Å²) in [5.74, 6) is 0.923. The number of halogens is 1. The molecule has 2 unspecified atom stereocenters. The summed E-state index contributed by atoms with van der Waals surface area (Å²) in [7, 11) is 0. The molecule has 2 atom stereocenters. The quantitative estimate of drug-likeness (QED) is 0.779. The highest BCUT2D eigenvalue weighted by molar-refractivity contribution is 7.97. The third-order valence-electron chi connectivity index (χ3n) is 3.81. The van der Waals surface area contributed by atoms with Crippen molar-refractivity contribution < 1.29 is 4.39 Å². The van der Waals surface area contributed by atoms with Gasteiger partial charge in [0.25, 0.3) is 0 Å². The second-order valence-corrected chi connectivity index (χ2v) is 5.57. The Balaban J connectivity index is 2.29. The topological polar surface area (TPSA) is 26.0 Å². The van der Waals surface area contributed by atoms with Crippen molar-refractivity contribution in [3.63, 3.8) is 0 Å². The fourth-order valence-electron chi connectivity index (χ4n) is 2.42. The van der Waals surface area contributed by atoms with Crippen molar-refractivity contribution in [3.05, 3.63) is 29.6 Å². The van der Waals surface area contributed by atoms with Crippen LogP contribution in [0.4, 0.5) is 4.39 Å². The van der Waals surface area contributed by atoms with Crippen molar-refractivity contribution in [2.45, 2.75) is 31.6 Å². The highest BCUT2D eigenvalue weighted by Crippen LogP contribution is 2.64. The van der Waals surface area contributed by atoms with Gasteiger partial charge in [0.1, 0.15) is 5.82 Å². The highest BCUT2D eigenvalue weighted by atomic mass is 32.2. The van der Waals surface area contributed by atoms with Crippen LogP contribution in [-0.2, 0) is 0 Å². The predicted octanol–water partition coefficient (Wildman–Crippen LogP) is 3.55. The minimum atomic E-state index is -0.199. The van der Waals surface area contributed by atoms with E-state index in [9.17, 15) is 4.39 Å². The first-order chi connectivity index (χ1) is 6.98. The summed E-state index contributed by atoms with van der Waals surface area (Å²) in [5, 5.41) is 5.35. The molecule has 0 aromatic heterocycles. The van der Waals surface area contributed by atoms with Crippen molar-refractivity contribution in [3.8, 4) is 0 Å². The van der Waals surface area contributed by atoms with E-state index < -0.39 is 0 Å². The Kier molecular flexibility index (Phi) is 2.55. The molecule has 0 bridgehead atoms. The van der Waals surface area contributed by atoms with Crippen LogP contribution in [-0.4, -0.2) is 0 Å². The first-order valence-corrected chi connectivity index (χ1v) is 6.02. The Labute approximate surface area is 94.4 Å². The van der Waals surface area contributed by atoms with E-state index in [1.54, 1.807) is 12.1 Å². The molecule has 1 aromatic rings. The number of hydrogen-bond donors (Lipinski definition) is 1. The molecule has 1 aliphatic rings. The number of nitrogens with two attached hydrogens (primary N) is 1. The Bertz CT molecular complexity index is 389. The summed E-state index contributed by atoms with van der Waals surface area (Å²) < 4.78 is 13.5. The SMILES string of the molecule is CC1C(c2ccc(SN)c(F)c2)C1(C)C. The third-order valence-corrected chi connectivity index (χ3v) is 4.39. The van der Waals surface area contributed by atoms with E-state index in [2.05, 4.69) is 20.8 Å². The van der Waals surface area contributed by atoms with Gasteiger partial charge in [0.2, 0.25) is 0 Å². The molecular formula is C12H16FNS. The molecule has 1 fully saturated rings. The highest BCUT2D eigenvalue weighted by Gasteiger charge is 2.55. The molecular weight excluding hydrogens is 209 g/mol. The van der Waals surface area contributed by atoms with Gasteiger partial charge in [-0.3, -0.25) is 5.14 Å². The smallest absolute Gasteiger partial charge is 0.138 e. The van der Waals surface area contributed by atoms with Crippen LogP contribution in [0.2, 0.25) is 0 Å². The maximum absolute atomic E-state index is 13.5. The van der Waals surface area contributed by atoms with Crippen molar-refractivity contribution in [1.29, 1.82) is 0 Å². The zero-order valence-electron chi connectivity index (χ0n) is 9.25. The molecule has 0 aliphatic heterocycles. The molecule has 1 nitrogen and oxygen atoms in total. The zero-order chi connectivity index (χ0) is 11.2. The van der Waals surface area contributed by atoms with Gasteiger partial charge in [-0.2, -0.15) is 0 Å². The van der Waals surface area contributed by atoms with Crippen LogP contribution in [0, 0.1) is 17.2 Å². The molecule has 15 heavy (non-hydrogen) atoms. The van der Waals surface area contributed by atoms with Crippen molar-refractivity contribution in [1.82, 2.24) is 0 Å². The summed E-state index contributed by atoms with van der Waals surface area (Å²) in [4.78, 5) is 0.518. The summed E-state index contributed by atoms with van der Waals surface area (Å²) in [6.07, 6.45) is 0. The monoisotopic (exact) mass is 225 g/mol. The number of rotatable bonds is 2. The normalized spacial score (nSPS) is 27.8. The summed E-state index contributed by atoms with van der Waals surface area (Å²) >= 11 is 0.962. The number of benzene rings is 1. The fourth-order valence-corrected chi connectivity index (χ4v) is 2.74. The first-order valence-electron chi connectivity index (χ1n) is 5.14. The standard InChI is InChI=1S/C12H16FNS/c1-7-11(12(7,2)3)8-4-5-10(15-14)9(13)6-8/h4-7,11H,14H2,1-3H3. The molecule has 2 rings (SSSR count). The lowest BCUT2D eigenvalue weighted by Gasteiger charge is -2.05.